The van der Waals surface area contributed by atoms with E-state index in [1.807, 2.05) is 45.4 Å². The summed E-state index contributed by atoms with van der Waals surface area (Å²) in [5.74, 6) is -0.881. The molecule has 10 nitrogen and oxygen atoms in total. The first-order chi connectivity index (χ1) is 28.4. The Labute approximate surface area is 362 Å². The highest BCUT2D eigenvalue weighted by Crippen LogP contribution is 2.38. The van der Waals surface area contributed by atoms with Gasteiger partial charge in [0, 0.05) is 12.8 Å². The van der Waals surface area contributed by atoms with Crippen molar-refractivity contribution in [1.82, 2.24) is 0 Å². The van der Waals surface area contributed by atoms with Crippen molar-refractivity contribution in [2.75, 3.05) is 47.5 Å². The third kappa shape index (κ3) is 44.1. The van der Waals surface area contributed by atoms with E-state index in [1.54, 1.807) is 6.08 Å². The molecule has 0 fully saturated rings. The maximum atomic E-state index is 12.7. The highest BCUT2D eigenvalue weighted by Gasteiger charge is 2.21. The third-order valence-corrected chi connectivity index (χ3v) is 11.2. The molecule has 0 aliphatic carbocycles. The van der Waals surface area contributed by atoms with E-state index in [0.29, 0.717) is 23.9 Å². The Morgan fingerprint density at radius 1 is 0.627 bits per heavy atom. The number of carbonyl (C=O) groups is 2. The number of likely N-dealkylation sites (N-methyl/N-ethyl adjacent to an activating group) is 1. The number of allylic oxidation sites excluding steroid dienone is 4. The summed E-state index contributed by atoms with van der Waals surface area (Å²) in [6, 6.07) is 0. The SMILES string of the molecule is CC/C=C/CC(O)/C=C/C=C/CCCCCCCC(=O)O[C@H](COC(=O)CCCCCCCCCCCCCCCCCCCCC)COP(=O)([O-])OCC[N+](C)(C)C. The van der Waals surface area contributed by atoms with Crippen LogP contribution < -0.4 is 4.89 Å². The fraction of sp³-hybridized carbons (Fsp3) is 0.833. The number of aliphatic hydroxyl groups excluding tert-OH is 1. The monoisotopic (exact) mass is 856 g/mol. The number of ether oxygens (including phenoxy) is 2. The van der Waals surface area contributed by atoms with Crippen LogP contribution in [0.5, 0.6) is 0 Å². The highest BCUT2D eigenvalue weighted by molar-refractivity contribution is 7.45. The molecule has 3 atom stereocenters. The molecule has 0 radical (unpaired) electrons. The van der Waals surface area contributed by atoms with Gasteiger partial charge in [0.25, 0.3) is 7.82 Å². The molecule has 0 aliphatic heterocycles. The van der Waals surface area contributed by atoms with Gasteiger partial charge in [0.05, 0.1) is 33.9 Å². The molecule has 0 aliphatic rings. The first kappa shape index (κ1) is 57.2. The topological polar surface area (TPSA) is 131 Å². The van der Waals surface area contributed by atoms with Crippen LogP contribution in [0, 0.1) is 0 Å². The molecule has 0 aromatic heterocycles. The van der Waals surface area contributed by atoms with E-state index in [2.05, 4.69) is 19.9 Å². The summed E-state index contributed by atoms with van der Waals surface area (Å²) in [4.78, 5) is 37.6. The summed E-state index contributed by atoms with van der Waals surface area (Å²) < 4.78 is 33.9. The Kier molecular flexibility index (Phi) is 39.0. The second-order valence-corrected chi connectivity index (χ2v) is 18.7. The van der Waals surface area contributed by atoms with Crippen LogP contribution in [0.2, 0.25) is 0 Å². The fourth-order valence-electron chi connectivity index (χ4n) is 6.51. The van der Waals surface area contributed by atoms with Gasteiger partial charge in [0.2, 0.25) is 0 Å². The molecule has 346 valence electrons. The predicted molar refractivity (Wildman–Crippen MR) is 242 cm³/mol. The molecule has 0 amide bonds. The molecule has 0 bridgehead atoms. The normalized spacial score (nSPS) is 14.4. The lowest BCUT2D eigenvalue weighted by atomic mass is 10.0. The summed E-state index contributed by atoms with van der Waals surface area (Å²) in [7, 11) is 1.12. The molecule has 0 aromatic rings. The van der Waals surface area contributed by atoms with Crippen LogP contribution in [0.3, 0.4) is 0 Å². The van der Waals surface area contributed by atoms with E-state index < -0.39 is 38.6 Å². The summed E-state index contributed by atoms with van der Waals surface area (Å²) in [5, 5.41) is 9.89. The lowest BCUT2D eigenvalue weighted by Crippen LogP contribution is -2.37. The van der Waals surface area contributed by atoms with Crippen molar-refractivity contribution in [2.45, 2.75) is 212 Å². The average molecular weight is 856 g/mol. The Morgan fingerprint density at radius 3 is 1.63 bits per heavy atom. The van der Waals surface area contributed by atoms with Gasteiger partial charge < -0.3 is 33.0 Å². The van der Waals surface area contributed by atoms with Crippen LogP contribution in [0.25, 0.3) is 0 Å². The Bertz CT molecular complexity index is 1120. The van der Waals surface area contributed by atoms with Crippen LogP contribution in [0.15, 0.2) is 36.5 Å². The molecule has 1 N–H and O–H groups in total. The number of quaternary nitrogens is 1. The van der Waals surface area contributed by atoms with Crippen molar-refractivity contribution in [3.8, 4) is 0 Å². The zero-order valence-corrected chi connectivity index (χ0v) is 39.5. The quantitative estimate of drug-likeness (QED) is 0.0159. The molecule has 0 rings (SSSR count). The van der Waals surface area contributed by atoms with Crippen molar-refractivity contribution in [1.29, 1.82) is 0 Å². The lowest BCUT2D eigenvalue weighted by molar-refractivity contribution is -0.870. The number of unbranched alkanes of at least 4 members (excludes halogenated alkanes) is 23. The molecule has 59 heavy (non-hydrogen) atoms. The van der Waals surface area contributed by atoms with Gasteiger partial charge in [-0.05, 0) is 38.5 Å². The standard InChI is InChI=1S/C48H90NO9P/c1-6-8-10-11-12-13-14-15-16-17-18-19-20-21-22-25-28-31-35-39-47(51)55-43-46(44-57-59(53,54)56-42-41-49(3,4)5)58-48(52)40-36-32-29-26-23-24-27-30-34-38-45(50)37-33-9-7-2/h9,27,30,33-34,38,45-46,50H,6-8,10-26,28-29,31-32,35-37,39-44H2,1-5H3/b30-27+,33-9+,38-34+/t45?,46-/m1/s1. The van der Waals surface area contributed by atoms with Crippen LogP contribution in [-0.2, 0) is 32.7 Å². The van der Waals surface area contributed by atoms with E-state index in [0.717, 1.165) is 57.8 Å². The molecule has 11 heteroatoms. The Morgan fingerprint density at radius 2 is 1.12 bits per heavy atom. The number of esters is 2. The van der Waals surface area contributed by atoms with Crippen LogP contribution >= 0.6 is 7.82 Å². The molecule has 0 saturated heterocycles. The van der Waals surface area contributed by atoms with Gasteiger partial charge in [-0.15, -0.1) is 0 Å². The number of carbonyl (C=O) groups excluding carboxylic acids is 2. The van der Waals surface area contributed by atoms with Crippen molar-refractivity contribution in [2.24, 2.45) is 0 Å². The summed E-state index contributed by atoms with van der Waals surface area (Å²) in [6.45, 7) is 3.99. The number of hydrogen-bond acceptors (Lipinski definition) is 9. The number of aliphatic hydroxyl groups is 1. The fourth-order valence-corrected chi connectivity index (χ4v) is 7.24. The zero-order chi connectivity index (χ0) is 43.7. The van der Waals surface area contributed by atoms with Gasteiger partial charge in [0.1, 0.15) is 19.8 Å². The maximum Gasteiger partial charge on any atom is 0.306 e. The molecular weight excluding hydrogens is 766 g/mol. The summed E-state index contributed by atoms with van der Waals surface area (Å²) in [6.07, 6.45) is 42.2. The van der Waals surface area contributed by atoms with E-state index in [9.17, 15) is 24.2 Å². The first-order valence-corrected chi connectivity index (χ1v) is 25.3. The minimum Gasteiger partial charge on any atom is -0.756 e. The lowest BCUT2D eigenvalue weighted by Gasteiger charge is -2.28. The number of hydrogen-bond donors (Lipinski definition) is 1. The molecular formula is C48H90NO9P. The summed E-state index contributed by atoms with van der Waals surface area (Å²) in [5.41, 5.74) is 0. The molecule has 0 spiro atoms. The van der Waals surface area contributed by atoms with Crippen molar-refractivity contribution in [3.05, 3.63) is 36.5 Å². The third-order valence-electron chi connectivity index (χ3n) is 10.3. The molecule has 0 aromatic carbocycles. The minimum absolute atomic E-state index is 0.0438. The van der Waals surface area contributed by atoms with Crippen molar-refractivity contribution in [3.63, 3.8) is 0 Å². The first-order valence-electron chi connectivity index (χ1n) is 23.8. The van der Waals surface area contributed by atoms with Crippen LogP contribution in [0.1, 0.15) is 200 Å². The smallest absolute Gasteiger partial charge is 0.306 e. The maximum absolute atomic E-state index is 12.7. The van der Waals surface area contributed by atoms with E-state index >= 15 is 0 Å². The Balaban J connectivity index is 4.33. The molecule has 0 saturated carbocycles. The number of rotatable bonds is 43. The zero-order valence-electron chi connectivity index (χ0n) is 38.6. The van der Waals surface area contributed by atoms with Crippen LogP contribution in [-0.4, -0.2) is 81.2 Å². The van der Waals surface area contributed by atoms with Gasteiger partial charge in [-0.1, -0.05) is 185 Å². The second kappa shape index (κ2) is 40.3. The van der Waals surface area contributed by atoms with E-state index in [1.165, 1.54) is 103 Å². The second-order valence-electron chi connectivity index (χ2n) is 17.3. The van der Waals surface area contributed by atoms with E-state index in [4.69, 9.17) is 18.5 Å². The number of phosphoric acid groups is 1. The van der Waals surface area contributed by atoms with Crippen molar-refractivity contribution < 1.29 is 47.2 Å². The van der Waals surface area contributed by atoms with Crippen molar-refractivity contribution >= 4 is 19.8 Å². The molecule has 0 heterocycles. The van der Waals surface area contributed by atoms with Gasteiger partial charge in [0.15, 0.2) is 6.10 Å². The highest BCUT2D eigenvalue weighted by atomic mass is 31.2. The van der Waals surface area contributed by atoms with E-state index in [-0.39, 0.29) is 26.1 Å². The molecule has 2 unspecified atom stereocenters. The predicted octanol–water partition coefficient (Wildman–Crippen LogP) is 12.0. The largest absolute Gasteiger partial charge is 0.756 e. The number of nitrogens with zero attached hydrogens (tertiary/aromatic N) is 1. The number of phosphoric ester groups is 1. The van der Waals surface area contributed by atoms with Crippen LogP contribution in [0.4, 0.5) is 0 Å². The Hall–Kier alpha value is -1.81. The van der Waals surface area contributed by atoms with Gasteiger partial charge in [-0.25, -0.2) is 0 Å². The van der Waals surface area contributed by atoms with Gasteiger partial charge >= 0.3 is 11.9 Å². The van der Waals surface area contributed by atoms with Gasteiger partial charge in [-0.2, -0.15) is 0 Å². The summed E-state index contributed by atoms with van der Waals surface area (Å²) >= 11 is 0. The van der Waals surface area contributed by atoms with Gasteiger partial charge in [-0.3, -0.25) is 14.2 Å². The minimum atomic E-state index is -4.64. The average Bonchev–Trinajstić information content (AvgIpc) is 3.18.